The van der Waals surface area contributed by atoms with E-state index < -0.39 is 11.9 Å². The molecule has 0 heterocycles. The smallest absolute Gasteiger partial charge is 0.343 e. The van der Waals surface area contributed by atoms with Crippen LogP contribution in [0.15, 0.2) is 84.0 Å². The first-order chi connectivity index (χ1) is 17.0. The minimum atomic E-state index is -0.674. The molecule has 0 spiro atoms. The fourth-order valence-corrected chi connectivity index (χ4v) is 3.44. The van der Waals surface area contributed by atoms with Gasteiger partial charge in [0.25, 0.3) is 5.91 Å². The van der Waals surface area contributed by atoms with Crippen molar-refractivity contribution in [2.24, 2.45) is 5.10 Å². The van der Waals surface area contributed by atoms with Gasteiger partial charge < -0.3 is 19.7 Å². The summed E-state index contributed by atoms with van der Waals surface area (Å²) >= 11 is 0. The average molecular weight is 470 g/mol. The van der Waals surface area contributed by atoms with E-state index in [2.05, 4.69) is 10.5 Å². The summed E-state index contributed by atoms with van der Waals surface area (Å²) in [6.45, 7) is 2.40. The zero-order valence-corrected chi connectivity index (χ0v) is 18.8. The van der Waals surface area contributed by atoms with Gasteiger partial charge in [0.2, 0.25) is 0 Å². The third kappa shape index (κ3) is 5.39. The predicted molar refractivity (Wildman–Crippen MR) is 131 cm³/mol. The summed E-state index contributed by atoms with van der Waals surface area (Å²) in [5, 5.41) is 24.9. The van der Waals surface area contributed by atoms with Gasteiger partial charge in [-0.3, -0.25) is 4.79 Å². The number of fused-ring (bicyclic) bond motifs is 1. The Kier molecular flexibility index (Phi) is 6.92. The third-order valence-corrected chi connectivity index (χ3v) is 5.12. The largest absolute Gasteiger partial charge is 0.508 e. The second kappa shape index (κ2) is 10.4. The van der Waals surface area contributed by atoms with E-state index in [0.717, 1.165) is 16.8 Å². The SMILES string of the molecule is CCOc1ccc(C(=O)Oc2ccc3ccccc3c2/C=N\NC(=O)c2ccc(O)cc2O)cc1. The second-order valence-electron chi connectivity index (χ2n) is 7.45. The van der Waals surface area contributed by atoms with E-state index in [-0.39, 0.29) is 22.8 Å². The lowest BCUT2D eigenvalue weighted by molar-refractivity contribution is 0.0734. The van der Waals surface area contributed by atoms with Crippen LogP contribution in [0, 0.1) is 0 Å². The molecule has 4 rings (SSSR count). The van der Waals surface area contributed by atoms with E-state index in [4.69, 9.17) is 9.47 Å². The number of rotatable bonds is 7. The number of hydrogen-bond acceptors (Lipinski definition) is 7. The van der Waals surface area contributed by atoms with Crippen LogP contribution in [-0.2, 0) is 0 Å². The van der Waals surface area contributed by atoms with E-state index in [9.17, 15) is 19.8 Å². The Balaban J connectivity index is 1.60. The van der Waals surface area contributed by atoms with Crippen molar-refractivity contribution in [3.8, 4) is 23.0 Å². The van der Waals surface area contributed by atoms with Crippen LogP contribution in [-0.4, -0.2) is 34.9 Å². The topological polar surface area (TPSA) is 117 Å². The minimum absolute atomic E-state index is 0.0555. The van der Waals surface area contributed by atoms with Crippen molar-refractivity contribution in [1.29, 1.82) is 0 Å². The number of aromatic hydroxyl groups is 2. The van der Waals surface area contributed by atoms with E-state index in [1.807, 2.05) is 37.3 Å². The molecule has 4 aromatic rings. The molecule has 3 N–H and O–H groups in total. The molecule has 0 aliphatic carbocycles. The molecule has 0 aliphatic heterocycles. The van der Waals surface area contributed by atoms with E-state index in [0.29, 0.717) is 23.5 Å². The zero-order valence-electron chi connectivity index (χ0n) is 18.8. The number of benzene rings is 4. The standard InChI is InChI=1S/C27H22N2O6/c1-2-34-20-11-7-18(8-12-20)27(33)35-25-14-9-17-5-3-4-6-21(17)23(25)16-28-29-26(32)22-13-10-19(30)15-24(22)31/h3-16,30-31H,2H2,1H3,(H,29,32)/b28-16-. The monoisotopic (exact) mass is 470 g/mol. The van der Waals surface area contributed by atoms with Crippen molar-refractivity contribution in [1.82, 2.24) is 5.43 Å². The number of nitrogens with one attached hydrogen (secondary N) is 1. The number of phenols is 2. The number of nitrogens with zero attached hydrogens (tertiary/aromatic N) is 1. The minimum Gasteiger partial charge on any atom is -0.508 e. The molecular formula is C27H22N2O6. The molecule has 0 saturated heterocycles. The lowest BCUT2D eigenvalue weighted by Gasteiger charge is -2.11. The Bertz CT molecular complexity index is 1410. The quantitative estimate of drug-likeness (QED) is 0.157. The predicted octanol–water partition coefficient (Wildman–Crippen LogP) is 4.63. The first-order valence-electron chi connectivity index (χ1n) is 10.8. The fraction of sp³-hybridized carbons (Fsp3) is 0.0741. The number of carbonyl (C=O) groups is 2. The number of ether oxygens (including phenoxy) is 2. The highest BCUT2D eigenvalue weighted by Gasteiger charge is 2.15. The van der Waals surface area contributed by atoms with E-state index >= 15 is 0 Å². The first kappa shape index (κ1) is 23.3. The van der Waals surface area contributed by atoms with Crippen LogP contribution in [0.1, 0.15) is 33.2 Å². The van der Waals surface area contributed by atoms with Crippen molar-refractivity contribution in [2.75, 3.05) is 6.61 Å². The summed E-state index contributed by atoms with van der Waals surface area (Å²) in [6.07, 6.45) is 1.37. The van der Waals surface area contributed by atoms with Gasteiger partial charge in [-0.25, -0.2) is 10.2 Å². The average Bonchev–Trinajstić information content (AvgIpc) is 2.85. The molecule has 8 nitrogen and oxygen atoms in total. The van der Waals surface area contributed by atoms with Crippen LogP contribution in [0.4, 0.5) is 0 Å². The van der Waals surface area contributed by atoms with Crippen molar-refractivity contribution in [3.05, 3.63) is 95.6 Å². The molecular weight excluding hydrogens is 448 g/mol. The second-order valence-corrected chi connectivity index (χ2v) is 7.45. The molecule has 8 heteroatoms. The molecule has 0 saturated carbocycles. The van der Waals surface area contributed by atoms with Gasteiger partial charge in [-0.1, -0.05) is 30.3 Å². The van der Waals surface area contributed by atoms with Crippen LogP contribution in [0.25, 0.3) is 10.8 Å². The molecule has 0 aromatic heterocycles. The van der Waals surface area contributed by atoms with Gasteiger partial charge in [0.1, 0.15) is 23.0 Å². The van der Waals surface area contributed by atoms with Crippen LogP contribution in [0.2, 0.25) is 0 Å². The maximum absolute atomic E-state index is 12.8. The molecule has 0 aliphatic rings. The Morgan fingerprint density at radius 3 is 2.49 bits per heavy atom. The third-order valence-electron chi connectivity index (χ3n) is 5.12. The van der Waals surface area contributed by atoms with Gasteiger partial charge in [-0.2, -0.15) is 5.10 Å². The Labute approximate surface area is 201 Å². The van der Waals surface area contributed by atoms with Crippen molar-refractivity contribution in [2.45, 2.75) is 6.92 Å². The Hall–Kier alpha value is -4.85. The summed E-state index contributed by atoms with van der Waals surface area (Å²) in [5.41, 5.74) is 3.11. The lowest BCUT2D eigenvalue weighted by Crippen LogP contribution is -2.18. The summed E-state index contributed by atoms with van der Waals surface area (Å²) in [4.78, 5) is 25.2. The molecule has 0 fully saturated rings. The molecule has 1 amide bonds. The summed E-state index contributed by atoms with van der Waals surface area (Å²) in [5.74, 6) is -0.876. The van der Waals surface area contributed by atoms with E-state index in [1.54, 1.807) is 30.3 Å². The van der Waals surface area contributed by atoms with Crippen molar-refractivity contribution < 1.29 is 29.3 Å². The normalized spacial score (nSPS) is 10.9. The van der Waals surface area contributed by atoms with E-state index in [1.165, 1.54) is 18.3 Å². The van der Waals surface area contributed by atoms with Crippen molar-refractivity contribution >= 4 is 28.9 Å². The van der Waals surface area contributed by atoms with Gasteiger partial charge in [-0.15, -0.1) is 0 Å². The van der Waals surface area contributed by atoms with Crippen molar-refractivity contribution in [3.63, 3.8) is 0 Å². The molecule has 0 unspecified atom stereocenters. The number of amides is 1. The summed E-state index contributed by atoms with van der Waals surface area (Å²) in [7, 11) is 0. The van der Waals surface area contributed by atoms with Crippen LogP contribution in [0.3, 0.4) is 0 Å². The molecule has 176 valence electrons. The van der Waals surface area contributed by atoms with Gasteiger partial charge in [0, 0.05) is 11.6 Å². The maximum atomic E-state index is 12.8. The number of esters is 1. The van der Waals surface area contributed by atoms with Gasteiger partial charge in [-0.05, 0) is 60.2 Å². The van der Waals surface area contributed by atoms with Gasteiger partial charge in [0.05, 0.1) is 23.9 Å². The highest BCUT2D eigenvalue weighted by Crippen LogP contribution is 2.28. The van der Waals surface area contributed by atoms with Crippen LogP contribution < -0.4 is 14.9 Å². The van der Waals surface area contributed by atoms with Crippen LogP contribution >= 0.6 is 0 Å². The highest BCUT2D eigenvalue weighted by atomic mass is 16.5. The summed E-state index contributed by atoms with van der Waals surface area (Å²) in [6, 6.07) is 21.2. The number of carbonyl (C=O) groups excluding carboxylic acids is 2. The molecule has 0 atom stereocenters. The van der Waals surface area contributed by atoms with Gasteiger partial charge >= 0.3 is 5.97 Å². The number of phenolic OH excluding ortho intramolecular Hbond substituents is 2. The fourth-order valence-electron chi connectivity index (χ4n) is 3.44. The molecule has 4 aromatic carbocycles. The summed E-state index contributed by atoms with van der Waals surface area (Å²) < 4.78 is 11.1. The maximum Gasteiger partial charge on any atom is 0.343 e. The lowest BCUT2D eigenvalue weighted by atomic mass is 10.0. The Morgan fingerprint density at radius 1 is 0.971 bits per heavy atom. The number of hydrazone groups is 1. The van der Waals surface area contributed by atoms with Crippen LogP contribution in [0.5, 0.6) is 23.0 Å². The highest BCUT2D eigenvalue weighted by molar-refractivity contribution is 6.04. The molecule has 0 bridgehead atoms. The molecule has 0 radical (unpaired) electrons. The Morgan fingerprint density at radius 2 is 1.74 bits per heavy atom. The van der Waals surface area contributed by atoms with Gasteiger partial charge in [0.15, 0.2) is 0 Å². The number of hydrogen-bond donors (Lipinski definition) is 3. The molecule has 35 heavy (non-hydrogen) atoms. The first-order valence-corrected chi connectivity index (χ1v) is 10.8. The zero-order chi connectivity index (χ0) is 24.8.